The van der Waals surface area contributed by atoms with Crippen LogP contribution in [0.3, 0.4) is 0 Å². The van der Waals surface area contributed by atoms with Gasteiger partial charge in [0.05, 0.1) is 17.7 Å². The smallest absolute Gasteiger partial charge is 0.137 e. The van der Waals surface area contributed by atoms with Gasteiger partial charge in [-0.15, -0.1) is 11.3 Å². The van der Waals surface area contributed by atoms with Gasteiger partial charge in [-0.25, -0.2) is 0 Å². The monoisotopic (exact) mass is 278 g/mol. The number of anilines is 1. The number of nitriles is 1. The summed E-state index contributed by atoms with van der Waals surface area (Å²) < 4.78 is 5.09. The van der Waals surface area contributed by atoms with Crippen molar-refractivity contribution in [2.45, 2.75) is 6.54 Å². The van der Waals surface area contributed by atoms with E-state index in [4.69, 9.17) is 21.6 Å². The molecule has 0 radical (unpaired) electrons. The number of rotatable bonds is 4. The molecule has 2 aromatic rings. The molecule has 0 bridgehead atoms. The molecule has 0 aliphatic carbocycles. The zero-order chi connectivity index (χ0) is 13.0. The fourth-order valence-corrected chi connectivity index (χ4v) is 2.50. The van der Waals surface area contributed by atoms with Gasteiger partial charge in [-0.05, 0) is 24.3 Å². The number of methoxy groups -OCH3 is 1. The van der Waals surface area contributed by atoms with E-state index in [1.54, 1.807) is 18.4 Å². The SMILES string of the molecule is COc1ccc(NCc2cc(C#N)cs2)cc1Cl. The maximum Gasteiger partial charge on any atom is 0.137 e. The van der Waals surface area contributed by atoms with Gasteiger partial charge in [-0.3, -0.25) is 0 Å². The van der Waals surface area contributed by atoms with Gasteiger partial charge >= 0.3 is 0 Å². The average molecular weight is 279 g/mol. The molecular weight excluding hydrogens is 268 g/mol. The third-order valence-corrected chi connectivity index (χ3v) is 3.63. The molecule has 2 rings (SSSR count). The first-order valence-corrected chi connectivity index (χ1v) is 6.53. The van der Waals surface area contributed by atoms with Crippen LogP contribution in [-0.4, -0.2) is 7.11 Å². The summed E-state index contributed by atoms with van der Waals surface area (Å²) in [5.41, 5.74) is 1.62. The average Bonchev–Trinajstić information content (AvgIpc) is 2.84. The third-order valence-electron chi connectivity index (χ3n) is 2.40. The summed E-state index contributed by atoms with van der Waals surface area (Å²) in [6, 6.07) is 9.54. The topological polar surface area (TPSA) is 45.0 Å². The summed E-state index contributed by atoms with van der Waals surface area (Å²) in [7, 11) is 1.59. The number of nitrogens with zero attached hydrogens (tertiary/aromatic N) is 1. The normalized spacial score (nSPS) is 9.83. The highest BCUT2D eigenvalue weighted by atomic mass is 35.5. The van der Waals surface area contributed by atoms with Crippen LogP contribution in [0.2, 0.25) is 5.02 Å². The second kappa shape index (κ2) is 5.76. The molecule has 1 aromatic carbocycles. The van der Waals surface area contributed by atoms with Gasteiger partial charge in [0.1, 0.15) is 11.8 Å². The summed E-state index contributed by atoms with van der Waals surface area (Å²) in [5.74, 6) is 0.658. The Kier molecular flexibility index (Phi) is 4.08. The van der Waals surface area contributed by atoms with Crippen LogP contribution in [0.1, 0.15) is 10.4 Å². The van der Waals surface area contributed by atoms with E-state index >= 15 is 0 Å². The molecule has 0 atom stereocenters. The van der Waals surface area contributed by atoms with Gasteiger partial charge in [0.15, 0.2) is 0 Å². The first-order valence-electron chi connectivity index (χ1n) is 5.28. The molecule has 0 unspecified atom stereocenters. The van der Waals surface area contributed by atoms with E-state index in [0.717, 1.165) is 10.6 Å². The Labute approximate surface area is 115 Å². The Bertz CT molecular complexity index is 589. The highest BCUT2D eigenvalue weighted by Crippen LogP contribution is 2.27. The highest BCUT2D eigenvalue weighted by molar-refractivity contribution is 7.10. The predicted molar refractivity (Wildman–Crippen MR) is 74.4 cm³/mol. The van der Waals surface area contributed by atoms with Crippen molar-refractivity contribution >= 4 is 28.6 Å². The standard InChI is InChI=1S/C13H11ClN2OS/c1-17-13-3-2-10(5-12(13)14)16-7-11-4-9(6-15)8-18-11/h2-5,8,16H,7H2,1H3. The van der Waals surface area contributed by atoms with Crippen molar-refractivity contribution in [1.29, 1.82) is 5.26 Å². The van der Waals surface area contributed by atoms with Crippen molar-refractivity contribution in [1.82, 2.24) is 0 Å². The quantitative estimate of drug-likeness (QED) is 0.923. The summed E-state index contributed by atoms with van der Waals surface area (Å²) in [6.45, 7) is 0.676. The van der Waals surface area contributed by atoms with Gasteiger partial charge in [-0.2, -0.15) is 5.26 Å². The molecule has 0 fully saturated rings. The van der Waals surface area contributed by atoms with Gasteiger partial charge in [0.2, 0.25) is 0 Å². The van der Waals surface area contributed by atoms with Crippen molar-refractivity contribution in [3.63, 3.8) is 0 Å². The van der Waals surface area contributed by atoms with Gasteiger partial charge in [-0.1, -0.05) is 11.6 Å². The largest absolute Gasteiger partial charge is 0.495 e. The van der Waals surface area contributed by atoms with Crippen LogP contribution >= 0.6 is 22.9 Å². The molecule has 0 saturated heterocycles. The Morgan fingerprint density at radius 3 is 2.89 bits per heavy atom. The molecule has 5 heteroatoms. The third kappa shape index (κ3) is 2.95. The van der Waals surface area contributed by atoms with Crippen LogP contribution in [0.4, 0.5) is 5.69 Å². The fraction of sp³-hybridized carbons (Fsp3) is 0.154. The first kappa shape index (κ1) is 12.7. The molecule has 0 saturated carbocycles. The van der Waals surface area contributed by atoms with E-state index in [1.807, 2.05) is 29.6 Å². The molecule has 0 aliphatic rings. The summed E-state index contributed by atoms with van der Waals surface area (Å²) in [5, 5.41) is 14.4. The van der Waals surface area contributed by atoms with E-state index in [-0.39, 0.29) is 0 Å². The van der Waals surface area contributed by atoms with E-state index < -0.39 is 0 Å². The molecule has 0 aliphatic heterocycles. The second-order valence-corrected chi connectivity index (χ2v) is 5.02. The number of nitrogens with one attached hydrogen (secondary N) is 1. The minimum atomic E-state index is 0.575. The highest BCUT2D eigenvalue weighted by Gasteiger charge is 2.03. The number of ether oxygens (including phenoxy) is 1. The van der Waals surface area contributed by atoms with E-state index in [9.17, 15) is 0 Å². The molecule has 3 nitrogen and oxygen atoms in total. The van der Waals surface area contributed by atoms with Crippen LogP contribution in [-0.2, 0) is 6.54 Å². The number of hydrogen-bond acceptors (Lipinski definition) is 4. The first-order chi connectivity index (χ1) is 8.72. The molecule has 0 spiro atoms. The Balaban J connectivity index is 2.02. The lowest BCUT2D eigenvalue weighted by Gasteiger charge is -2.07. The molecule has 92 valence electrons. The lowest BCUT2D eigenvalue weighted by molar-refractivity contribution is 0.415. The van der Waals surface area contributed by atoms with Crippen LogP contribution < -0.4 is 10.1 Å². The fourth-order valence-electron chi connectivity index (χ4n) is 1.50. The van der Waals surface area contributed by atoms with Gasteiger partial charge in [0.25, 0.3) is 0 Å². The molecule has 18 heavy (non-hydrogen) atoms. The van der Waals surface area contributed by atoms with Crippen LogP contribution in [0.5, 0.6) is 5.75 Å². The maximum absolute atomic E-state index is 8.74. The van der Waals surface area contributed by atoms with Crippen molar-refractivity contribution in [2.24, 2.45) is 0 Å². The van der Waals surface area contributed by atoms with E-state index in [1.165, 1.54) is 0 Å². The Hall–Kier alpha value is -1.70. The number of hydrogen-bond donors (Lipinski definition) is 1. The molecule has 1 heterocycles. The van der Waals surface area contributed by atoms with E-state index in [2.05, 4.69) is 11.4 Å². The van der Waals surface area contributed by atoms with Crippen molar-refractivity contribution < 1.29 is 4.74 Å². The van der Waals surface area contributed by atoms with Crippen molar-refractivity contribution in [3.8, 4) is 11.8 Å². The van der Waals surface area contributed by atoms with Crippen LogP contribution in [0, 0.1) is 11.3 Å². The Morgan fingerprint density at radius 2 is 2.28 bits per heavy atom. The number of halogens is 1. The number of benzene rings is 1. The van der Waals surface area contributed by atoms with E-state index in [0.29, 0.717) is 22.9 Å². The minimum Gasteiger partial charge on any atom is -0.495 e. The van der Waals surface area contributed by atoms with Crippen molar-refractivity contribution in [3.05, 3.63) is 45.1 Å². The Morgan fingerprint density at radius 1 is 1.44 bits per heavy atom. The van der Waals surface area contributed by atoms with Gasteiger partial charge in [0, 0.05) is 22.5 Å². The molecule has 0 amide bonds. The zero-order valence-corrected chi connectivity index (χ0v) is 11.3. The molecular formula is C13H11ClN2OS. The van der Waals surface area contributed by atoms with Crippen molar-refractivity contribution in [2.75, 3.05) is 12.4 Å². The molecule has 1 aromatic heterocycles. The predicted octanol–water partition coefficient (Wildman–Crippen LogP) is 3.89. The summed E-state index contributed by atoms with van der Waals surface area (Å²) >= 11 is 7.59. The lowest BCUT2D eigenvalue weighted by atomic mass is 10.3. The summed E-state index contributed by atoms with van der Waals surface area (Å²) in [6.07, 6.45) is 0. The second-order valence-electron chi connectivity index (χ2n) is 3.62. The van der Waals surface area contributed by atoms with Gasteiger partial charge < -0.3 is 10.1 Å². The molecule has 1 N–H and O–H groups in total. The zero-order valence-electron chi connectivity index (χ0n) is 9.74. The van der Waals surface area contributed by atoms with Crippen LogP contribution in [0.15, 0.2) is 29.6 Å². The minimum absolute atomic E-state index is 0.575. The number of thiophene rings is 1. The summed E-state index contributed by atoms with van der Waals surface area (Å²) in [4.78, 5) is 1.11. The van der Waals surface area contributed by atoms with Crippen LogP contribution in [0.25, 0.3) is 0 Å². The maximum atomic E-state index is 8.74. The lowest BCUT2D eigenvalue weighted by Crippen LogP contribution is -1.97.